The third-order valence-corrected chi connectivity index (χ3v) is 2.46. The van der Waals surface area contributed by atoms with E-state index in [9.17, 15) is 8.78 Å². The lowest BCUT2D eigenvalue weighted by Gasteiger charge is -2.16. The van der Waals surface area contributed by atoms with Crippen molar-refractivity contribution in [3.8, 4) is 11.3 Å². The predicted molar refractivity (Wildman–Crippen MR) is 66.8 cm³/mol. The Morgan fingerprint density at radius 2 is 2.00 bits per heavy atom. The summed E-state index contributed by atoms with van der Waals surface area (Å²) in [5.41, 5.74) is 0.578. The van der Waals surface area contributed by atoms with Crippen molar-refractivity contribution in [3.05, 3.63) is 48.3 Å². The second-order valence-corrected chi connectivity index (χ2v) is 5.29. The van der Waals surface area contributed by atoms with E-state index in [2.05, 4.69) is 9.97 Å². The average Bonchev–Trinajstić information content (AvgIpc) is 2.59. The van der Waals surface area contributed by atoms with Crippen LogP contribution in [0, 0.1) is 23.6 Å². The number of aromatic nitrogens is 2. The molecule has 95 valence electrons. The summed E-state index contributed by atoms with van der Waals surface area (Å²) in [4.78, 5) is 6.28. The molecule has 0 fully saturated rings. The van der Waals surface area contributed by atoms with Gasteiger partial charge in [0, 0.05) is 24.4 Å². The molecule has 1 radical (unpaired) electrons. The molecule has 0 aliphatic heterocycles. The van der Waals surface area contributed by atoms with Crippen molar-refractivity contribution in [2.24, 2.45) is 5.41 Å². The summed E-state index contributed by atoms with van der Waals surface area (Å²) in [5, 5.41) is 0. The molecule has 0 spiro atoms. The summed E-state index contributed by atoms with van der Waals surface area (Å²) >= 11 is 0. The quantitative estimate of drug-likeness (QED) is 0.802. The zero-order chi connectivity index (χ0) is 13.3. The van der Waals surface area contributed by atoms with E-state index in [1.54, 1.807) is 18.7 Å². The normalized spacial score (nSPS) is 11.8. The maximum atomic E-state index is 14.2. The van der Waals surface area contributed by atoms with Crippen molar-refractivity contribution >= 4 is 0 Å². The molecule has 0 saturated heterocycles. The maximum Gasteiger partial charge on any atom is 0.222 e. The number of hydrogen-bond donors (Lipinski definition) is 1. The molecule has 0 amide bonds. The minimum Gasteiger partial charge on any atom is -0.358 e. The molecule has 2 aromatic heterocycles. The Bertz CT molecular complexity index is 553. The van der Waals surface area contributed by atoms with Crippen molar-refractivity contribution in [1.82, 2.24) is 9.97 Å². The Balaban J connectivity index is 2.40. The largest absolute Gasteiger partial charge is 0.358 e. The second kappa shape index (κ2) is 4.52. The Kier molecular flexibility index (Phi) is 3.20. The van der Waals surface area contributed by atoms with Crippen molar-refractivity contribution < 1.29 is 8.78 Å². The summed E-state index contributed by atoms with van der Waals surface area (Å²) in [6, 6.07) is 3.07. The number of halogens is 2. The van der Waals surface area contributed by atoms with Crippen LogP contribution in [0.4, 0.5) is 8.78 Å². The van der Waals surface area contributed by atoms with E-state index in [0.717, 1.165) is 0 Å². The molecule has 2 aromatic rings. The summed E-state index contributed by atoms with van der Waals surface area (Å²) in [7, 11) is 0. The molecule has 0 aliphatic carbocycles. The molecular formula is C14H15F2N2. The topological polar surface area (TPSA) is 28.7 Å². The fraction of sp³-hybridized carbons (Fsp3) is 0.286. The van der Waals surface area contributed by atoms with Crippen LogP contribution < -0.4 is 0 Å². The lowest BCUT2D eigenvalue weighted by atomic mass is 9.89. The number of nitrogens with zero attached hydrogens (tertiary/aromatic N) is 1. The van der Waals surface area contributed by atoms with E-state index in [4.69, 9.17) is 0 Å². The number of pyridine rings is 1. The third kappa shape index (κ3) is 2.58. The first-order valence-electron chi connectivity index (χ1n) is 5.72. The van der Waals surface area contributed by atoms with Crippen LogP contribution in [-0.2, 0) is 0 Å². The van der Waals surface area contributed by atoms with Crippen molar-refractivity contribution in [2.45, 2.75) is 20.8 Å². The number of nitrogens with one attached hydrogen (secondary N) is 1. The van der Waals surface area contributed by atoms with Crippen LogP contribution in [0.3, 0.4) is 0 Å². The van der Waals surface area contributed by atoms with Crippen molar-refractivity contribution in [3.63, 3.8) is 0 Å². The standard InChI is InChI=1S/C14H15F2N2/c1-14(2,3)7-9-8-18-12(11(9)15)10-5-4-6-17-13(10)16/h4-8,18H,1-3H3. The van der Waals surface area contributed by atoms with Gasteiger partial charge in [-0.2, -0.15) is 4.39 Å². The molecule has 2 heterocycles. The summed E-state index contributed by atoms with van der Waals surface area (Å²) in [6.07, 6.45) is 4.68. The second-order valence-electron chi connectivity index (χ2n) is 5.29. The molecular weight excluding hydrogens is 234 g/mol. The molecule has 0 bridgehead atoms. The van der Waals surface area contributed by atoms with Gasteiger partial charge in [0.1, 0.15) is 0 Å². The van der Waals surface area contributed by atoms with Gasteiger partial charge >= 0.3 is 0 Å². The Morgan fingerprint density at radius 3 is 2.61 bits per heavy atom. The number of H-pyrrole nitrogens is 1. The Morgan fingerprint density at radius 1 is 1.28 bits per heavy atom. The molecule has 0 aromatic carbocycles. The predicted octanol–water partition coefficient (Wildman–Crippen LogP) is 3.95. The lowest BCUT2D eigenvalue weighted by molar-refractivity contribution is 0.497. The number of aromatic amines is 1. The van der Waals surface area contributed by atoms with Crippen LogP contribution in [0.1, 0.15) is 26.3 Å². The fourth-order valence-corrected chi connectivity index (χ4v) is 1.76. The van der Waals surface area contributed by atoms with Gasteiger partial charge in [0.25, 0.3) is 0 Å². The highest BCUT2D eigenvalue weighted by atomic mass is 19.1. The Labute approximate surface area is 105 Å². The lowest BCUT2D eigenvalue weighted by Crippen LogP contribution is -2.06. The van der Waals surface area contributed by atoms with Crippen LogP contribution in [0.15, 0.2) is 24.5 Å². The van der Waals surface area contributed by atoms with Crippen LogP contribution in [0.25, 0.3) is 11.3 Å². The van der Waals surface area contributed by atoms with E-state index in [-0.39, 0.29) is 16.7 Å². The summed E-state index contributed by atoms with van der Waals surface area (Å²) in [5.74, 6) is -1.13. The molecule has 0 saturated carbocycles. The van der Waals surface area contributed by atoms with Gasteiger partial charge in [-0.3, -0.25) is 0 Å². The smallest absolute Gasteiger partial charge is 0.222 e. The van der Waals surface area contributed by atoms with Crippen LogP contribution in [-0.4, -0.2) is 9.97 Å². The van der Waals surface area contributed by atoms with Gasteiger partial charge in [0.2, 0.25) is 5.95 Å². The third-order valence-electron chi connectivity index (χ3n) is 2.46. The highest BCUT2D eigenvalue weighted by molar-refractivity contribution is 5.61. The minimum atomic E-state index is -0.680. The van der Waals surface area contributed by atoms with E-state index >= 15 is 0 Å². The van der Waals surface area contributed by atoms with Gasteiger partial charge in [0.15, 0.2) is 5.82 Å². The average molecular weight is 249 g/mol. The van der Waals surface area contributed by atoms with Gasteiger partial charge in [-0.1, -0.05) is 20.8 Å². The summed E-state index contributed by atoms with van der Waals surface area (Å²) in [6.45, 7) is 5.93. The molecule has 18 heavy (non-hydrogen) atoms. The highest BCUT2D eigenvalue weighted by Gasteiger charge is 2.20. The fourth-order valence-electron chi connectivity index (χ4n) is 1.76. The van der Waals surface area contributed by atoms with Crippen LogP contribution in [0.5, 0.6) is 0 Å². The van der Waals surface area contributed by atoms with E-state index in [1.165, 1.54) is 12.3 Å². The van der Waals surface area contributed by atoms with E-state index in [1.807, 2.05) is 20.8 Å². The van der Waals surface area contributed by atoms with Gasteiger partial charge < -0.3 is 4.98 Å². The molecule has 0 atom stereocenters. The first-order valence-corrected chi connectivity index (χ1v) is 5.72. The summed E-state index contributed by atoms with van der Waals surface area (Å²) < 4.78 is 27.7. The zero-order valence-corrected chi connectivity index (χ0v) is 10.6. The van der Waals surface area contributed by atoms with Crippen molar-refractivity contribution in [2.75, 3.05) is 0 Å². The first kappa shape index (κ1) is 12.7. The molecule has 0 aliphatic rings. The molecule has 1 N–H and O–H groups in total. The van der Waals surface area contributed by atoms with Gasteiger partial charge in [-0.15, -0.1) is 0 Å². The Hall–Kier alpha value is -1.71. The highest BCUT2D eigenvalue weighted by Crippen LogP contribution is 2.30. The van der Waals surface area contributed by atoms with Gasteiger partial charge in [-0.05, 0) is 17.5 Å². The SMILES string of the molecule is CC(C)(C)[CH]c1c[nH]c(-c2cccnc2F)c1F. The monoisotopic (exact) mass is 249 g/mol. The van der Waals surface area contributed by atoms with Crippen LogP contribution in [0.2, 0.25) is 0 Å². The number of hydrogen-bond acceptors (Lipinski definition) is 1. The minimum absolute atomic E-state index is 0.135. The molecule has 0 unspecified atom stereocenters. The van der Waals surface area contributed by atoms with Gasteiger partial charge in [0.05, 0.1) is 11.3 Å². The van der Waals surface area contributed by atoms with Crippen molar-refractivity contribution in [1.29, 1.82) is 0 Å². The molecule has 4 heteroatoms. The zero-order valence-electron chi connectivity index (χ0n) is 10.6. The van der Waals surface area contributed by atoms with Gasteiger partial charge in [-0.25, -0.2) is 9.37 Å². The molecule has 2 rings (SSSR count). The number of rotatable bonds is 2. The van der Waals surface area contributed by atoms with E-state index < -0.39 is 11.8 Å². The molecule has 2 nitrogen and oxygen atoms in total. The van der Waals surface area contributed by atoms with Crippen LogP contribution >= 0.6 is 0 Å². The maximum absolute atomic E-state index is 14.2. The first-order chi connectivity index (χ1) is 8.38. The van der Waals surface area contributed by atoms with E-state index in [0.29, 0.717) is 5.56 Å².